The van der Waals surface area contributed by atoms with E-state index in [-0.39, 0.29) is 52.3 Å². The molecule has 0 saturated heterocycles. The highest BCUT2D eigenvalue weighted by Gasteiger charge is 2.34. The number of hydrogen-bond donors (Lipinski definition) is 2. The van der Waals surface area contributed by atoms with E-state index < -0.39 is 79.9 Å². The molecule has 0 fully saturated rings. The average Bonchev–Trinajstić information content (AvgIpc) is 3.90. The van der Waals surface area contributed by atoms with E-state index in [4.69, 9.17) is 8.83 Å². The van der Waals surface area contributed by atoms with Gasteiger partial charge in [0.05, 0.1) is 27.3 Å². The Labute approximate surface area is 415 Å². The van der Waals surface area contributed by atoms with E-state index in [1.807, 2.05) is 19.9 Å². The molecule has 23 heteroatoms. The molecule has 0 radical (unpaired) electrons. The number of nitrogens with one attached hydrogen (secondary N) is 2. The first-order valence-corrected chi connectivity index (χ1v) is 21.8. The third-order valence-corrected chi connectivity index (χ3v) is 11.1. The number of anilines is 2. The summed E-state index contributed by atoms with van der Waals surface area (Å²) in [7, 11) is 0. The molecular formula is C51H38N6O17. The Bertz CT molecular complexity index is 3630. The number of aryl methyl sites for hydroxylation is 2. The van der Waals surface area contributed by atoms with Crippen molar-refractivity contribution in [3.63, 3.8) is 0 Å². The van der Waals surface area contributed by atoms with E-state index in [0.717, 1.165) is 39.1 Å². The largest absolute Gasteiger partial charge is 0.422 e. The van der Waals surface area contributed by atoms with Gasteiger partial charge in [-0.3, -0.25) is 49.0 Å². The number of esters is 2. The molecule has 374 valence electrons. The fraction of sp³-hybridized carbons (Fsp3) is 0.137. The minimum Gasteiger partial charge on any atom is -0.422 e. The molecule has 0 bridgehead atoms. The number of ether oxygens (including phenoxy) is 1. The first kappa shape index (κ1) is 51.5. The van der Waals surface area contributed by atoms with Crippen LogP contribution in [-0.4, -0.2) is 57.2 Å². The van der Waals surface area contributed by atoms with Crippen molar-refractivity contribution in [3.05, 3.63) is 194 Å². The number of hydrogen-bond acceptors (Lipinski definition) is 17. The summed E-state index contributed by atoms with van der Waals surface area (Å²) in [5.41, 5.74) is 1.08. The summed E-state index contributed by atoms with van der Waals surface area (Å²) in [5.74, 6) is -4.79. The number of non-ortho nitro benzene ring substituents is 2. The van der Waals surface area contributed by atoms with Crippen LogP contribution in [0.3, 0.4) is 0 Å². The first-order chi connectivity index (χ1) is 35.0. The van der Waals surface area contributed by atoms with Gasteiger partial charge in [-0.25, -0.2) is 29.0 Å². The van der Waals surface area contributed by atoms with Gasteiger partial charge in [-0.05, 0) is 99.3 Å². The molecule has 3 aliphatic heterocycles. The van der Waals surface area contributed by atoms with Crippen LogP contribution in [0, 0.1) is 34.1 Å². The van der Waals surface area contributed by atoms with Crippen molar-refractivity contribution in [3.8, 4) is 0 Å². The van der Waals surface area contributed by atoms with Gasteiger partial charge < -0.3 is 24.2 Å². The van der Waals surface area contributed by atoms with Crippen LogP contribution in [0.4, 0.5) is 22.7 Å². The van der Waals surface area contributed by atoms with Crippen LogP contribution >= 0.6 is 0 Å². The van der Waals surface area contributed by atoms with Crippen LogP contribution in [0.5, 0.6) is 0 Å². The van der Waals surface area contributed by atoms with Gasteiger partial charge in [0.1, 0.15) is 22.3 Å². The lowest BCUT2D eigenvalue weighted by Gasteiger charge is -2.21. The highest BCUT2D eigenvalue weighted by Crippen LogP contribution is 2.32. The van der Waals surface area contributed by atoms with Crippen molar-refractivity contribution < 1.29 is 61.8 Å². The van der Waals surface area contributed by atoms with Crippen molar-refractivity contribution in [1.82, 2.24) is 10.6 Å². The van der Waals surface area contributed by atoms with Gasteiger partial charge >= 0.3 is 23.2 Å². The molecular weight excluding hydrogens is 969 g/mol. The SMILES string of the molecule is CC1=CC(=O)N(c2cc(CNC(=O)c3cc4ccc(C)cc4oc3=O)cc(N3C(=O)C=C(C)C3=O)c2)C1=O.CC1=CC(=O)OC1=O.Cc1ccc2cc(C(=O)NCc3cc([N+](=O)[O-])cc([N+](=O)[O-])c3)c(=O)oc2c1. The molecule has 3 aliphatic rings. The Morgan fingerprint density at radius 3 is 1.28 bits per heavy atom. The Kier molecular flexibility index (Phi) is 14.6. The molecule has 74 heavy (non-hydrogen) atoms. The van der Waals surface area contributed by atoms with Crippen LogP contribution in [0.25, 0.3) is 21.9 Å². The lowest BCUT2D eigenvalue weighted by atomic mass is 10.1. The van der Waals surface area contributed by atoms with E-state index in [0.29, 0.717) is 33.1 Å². The molecule has 9 rings (SSSR count). The molecule has 2 N–H and O–H groups in total. The summed E-state index contributed by atoms with van der Waals surface area (Å²) in [4.78, 5) is 143. The number of fused-ring (bicyclic) bond motifs is 2. The summed E-state index contributed by atoms with van der Waals surface area (Å²) in [5, 5.41) is 28.0. The van der Waals surface area contributed by atoms with Gasteiger partial charge in [-0.2, -0.15) is 0 Å². The predicted octanol–water partition coefficient (Wildman–Crippen LogP) is 5.53. The number of benzene rings is 4. The van der Waals surface area contributed by atoms with Crippen molar-refractivity contribution in [2.75, 3.05) is 9.80 Å². The average molecular weight is 1010 g/mol. The molecule has 0 unspecified atom stereocenters. The lowest BCUT2D eigenvalue weighted by Crippen LogP contribution is -2.33. The zero-order valence-electron chi connectivity index (χ0n) is 39.5. The molecule has 0 aliphatic carbocycles. The lowest BCUT2D eigenvalue weighted by molar-refractivity contribution is -0.394. The fourth-order valence-electron chi connectivity index (χ4n) is 7.40. The van der Waals surface area contributed by atoms with Crippen molar-refractivity contribution in [1.29, 1.82) is 0 Å². The van der Waals surface area contributed by atoms with Gasteiger partial charge in [0.25, 0.3) is 46.8 Å². The topological polar surface area (TPSA) is 323 Å². The monoisotopic (exact) mass is 1010 g/mol. The highest BCUT2D eigenvalue weighted by atomic mass is 16.6. The van der Waals surface area contributed by atoms with Gasteiger partial charge in [0.15, 0.2) is 0 Å². The Morgan fingerprint density at radius 2 is 0.946 bits per heavy atom. The summed E-state index contributed by atoms with van der Waals surface area (Å²) in [6, 6.07) is 20.6. The molecule has 2 aromatic heterocycles. The van der Waals surface area contributed by atoms with Crippen LogP contribution in [0.15, 0.2) is 138 Å². The number of carbonyl (C=O) groups is 8. The molecule has 6 aromatic rings. The maximum absolute atomic E-state index is 12.9. The molecule has 0 saturated carbocycles. The minimum atomic E-state index is -0.833. The van der Waals surface area contributed by atoms with E-state index in [9.17, 15) is 68.2 Å². The molecule has 4 aromatic carbocycles. The maximum atomic E-state index is 12.9. The molecule has 6 amide bonds. The fourth-order valence-corrected chi connectivity index (χ4v) is 7.40. The summed E-state index contributed by atoms with van der Waals surface area (Å²) in [6.45, 7) is 7.84. The second kappa shape index (κ2) is 21.0. The van der Waals surface area contributed by atoms with Crippen LogP contribution in [0.1, 0.15) is 63.7 Å². The number of cyclic esters (lactones) is 2. The van der Waals surface area contributed by atoms with Gasteiger partial charge in [-0.15, -0.1) is 0 Å². The summed E-state index contributed by atoms with van der Waals surface area (Å²) in [6.07, 6.45) is 3.55. The second-order valence-electron chi connectivity index (χ2n) is 16.7. The number of imide groups is 2. The van der Waals surface area contributed by atoms with Gasteiger partial charge in [-0.1, -0.05) is 24.3 Å². The zero-order valence-corrected chi connectivity index (χ0v) is 39.5. The Morgan fingerprint density at radius 1 is 0.527 bits per heavy atom. The highest BCUT2D eigenvalue weighted by molar-refractivity contribution is 6.32. The number of nitro benzene ring substituents is 2. The standard InChI is InChI=1S/C28H21N3O7.C18H13N3O7.C5H4O3/c1-14-4-5-18-11-21(28(37)38-22(18)6-14)25(34)29-13-17-9-19(30-23(32)7-15(2)26(30)35)12-20(10-17)31-24(33)8-16(3)27(31)36;1-10-2-3-12-7-15(18(23)28-16(12)4-10)17(22)19-9-11-5-13(20(24)25)8-14(6-11)21(26)27;1-3-2-4(6)8-5(3)7/h4-12H,13H2,1-3H3,(H,29,34);2-8H,9H2,1H3,(H,19,22);2H,1H3. The summed E-state index contributed by atoms with van der Waals surface area (Å²) >= 11 is 0. The quantitative estimate of drug-likeness (QED) is 0.0425. The van der Waals surface area contributed by atoms with Crippen LogP contribution in [-0.2, 0) is 46.6 Å². The molecule has 23 nitrogen and oxygen atoms in total. The van der Waals surface area contributed by atoms with Crippen LogP contribution in [0.2, 0.25) is 0 Å². The zero-order chi connectivity index (χ0) is 53.9. The summed E-state index contributed by atoms with van der Waals surface area (Å²) < 4.78 is 14.6. The minimum absolute atomic E-state index is 0.126. The smallest absolute Gasteiger partial charge is 0.349 e. The predicted molar refractivity (Wildman–Crippen MR) is 260 cm³/mol. The third-order valence-electron chi connectivity index (χ3n) is 11.1. The van der Waals surface area contributed by atoms with Crippen molar-refractivity contribution in [2.45, 2.75) is 47.7 Å². The second-order valence-corrected chi connectivity index (χ2v) is 16.7. The number of rotatable bonds is 10. The Balaban J connectivity index is 0.000000194. The number of nitro groups is 2. The van der Waals surface area contributed by atoms with Gasteiger partial charge in [0.2, 0.25) is 0 Å². The number of amides is 6. The number of carbonyl (C=O) groups excluding carboxylic acids is 8. The third kappa shape index (κ3) is 11.3. The van der Waals surface area contributed by atoms with Crippen LogP contribution < -0.4 is 31.7 Å². The normalized spacial score (nSPS) is 13.9. The maximum Gasteiger partial charge on any atom is 0.349 e. The molecule has 0 atom stereocenters. The number of nitrogens with zero attached hydrogens (tertiary/aromatic N) is 4. The first-order valence-electron chi connectivity index (χ1n) is 21.8. The van der Waals surface area contributed by atoms with Gasteiger partial charge in [0, 0.05) is 70.9 Å². The van der Waals surface area contributed by atoms with E-state index in [2.05, 4.69) is 15.4 Å². The van der Waals surface area contributed by atoms with E-state index >= 15 is 0 Å². The Hall–Kier alpha value is -10.3. The molecule has 0 spiro atoms. The van der Waals surface area contributed by atoms with Crippen molar-refractivity contribution in [2.24, 2.45) is 0 Å². The van der Waals surface area contributed by atoms with E-state index in [1.54, 1.807) is 30.3 Å². The molecule has 5 heterocycles. The van der Waals surface area contributed by atoms with Crippen molar-refractivity contribution >= 4 is 92.1 Å². The van der Waals surface area contributed by atoms with E-state index in [1.165, 1.54) is 69.3 Å².